The summed E-state index contributed by atoms with van der Waals surface area (Å²) in [4.78, 5) is 8.66. The second-order valence-corrected chi connectivity index (χ2v) is 5.23. The van der Waals surface area contributed by atoms with E-state index < -0.39 is 12.7 Å². The number of rotatable bonds is 1. The molecule has 0 spiro atoms. The molecule has 0 saturated heterocycles. The van der Waals surface area contributed by atoms with Crippen LogP contribution in [0.25, 0.3) is 0 Å². The van der Waals surface area contributed by atoms with Gasteiger partial charge in [-0.3, -0.25) is 4.57 Å². The summed E-state index contributed by atoms with van der Waals surface area (Å²) in [5.74, 6) is 0. The molecule has 0 rings (SSSR count). The third-order valence-corrected chi connectivity index (χ3v) is 3.05. The molecule has 0 bridgehead atoms. The highest BCUT2D eigenvalue weighted by atomic mass is 31.2. The minimum Gasteiger partial charge on any atom is -0.380 e. The van der Waals surface area contributed by atoms with Gasteiger partial charge in [-0.1, -0.05) is 0 Å². The number of hydrogen-bond acceptors (Lipinski definition) is 2. The van der Waals surface area contributed by atoms with Gasteiger partial charge in [0.15, 0.2) is 0 Å². The fraction of sp³-hybridized carbons (Fsp3) is 1.00. The maximum absolute atomic E-state index is 10.5. The van der Waals surface area contributed by atoms with Gasteiger partial charge in [-0.05, 0) is 13.8 Å². The average molecular weight is 138 g/mol. The molecule has 0 amide bonds. The Hall–Kier alpha value is 0.150. The lowest BCUT2D eigenvalue weighted by atomic mass is 10.5. The highest BCUT2D eigenvalue weighted by Crippen LogP contribution is 2.48. The Balaban J connectivity index is 4.26. The first-order valence-electron chi connectivity index (χ1n) is 2.28. The van der Waals surface area contributed by atoms with E-state index in [9.17, 15) is 4.57 Å². The zero-order valence-corrected chi connectivity index (χ0v) is 6.14. The van der Waals surface area contributed by atoms with Crippen LogP contribution in [0, 0.1) is 0 Å². The van der Waals surface area contributed by atoms with E-state index in [1.54, 1.807) is 0 Å². The summed E-state index contributed by atoms with van der Waals surface area (Å²) in [5.41, 5.74) is 0. The highest BCUT2D eigenvalue weighted by molar-refractivity contribution is 7.58. The molecule has 0 aromatic rings. The van der Waals surface area contributed by atoms with Gasteiger partial charge in [0.25, 0.3) is 0 Å². The average Bonchev–Trinajstić information content (AvgIpc) is 1.25. The Morgan fingerprint density at radius 2 is 1.62 bits per heavy atom. The normalized spacial score (nSPS) is 20.1. The van der Waals surface area contributed by atoms with Gasteiger partial charge in [0, 0.05) is 6.66 Å². The van der Waals surface area contributed by atoms with Crippen molar-refractivity contribution in [1.29, 1.82) is 0 Å². The first-order chi connectivity index (χ1) is 3.25. The Morgan fingerprint density at radius 1 is 1.50 bits per heavy atom. The second kappa shape index (κ2) is 1.83. The van der Waals surface area contributed by atoms with Crippen LogP contribution in [0.1, 0.15) is 13.8 Å². The molecule has 0 aliphatic heterocycles. The molecule has 3 nitrogen and oxygen atoms in total. The lowest BCUT2D eigenvalue weighted by Crippen LogP contribution is -2.17. The van der Waals surface area contributed by atoms with Crippen molar-refractivity contribution in [3.8, 4) is 0 Å². The fourth-order valence-electron chi connectivity index (χ4n) is 0. The van der Waals surface area contributed by atoms with Crippen molar-refractivity contribution in [1.82, 2.24) is 0 Å². The molecule has 0 radical (unpaired) electrons. The summed E-state index contributed by atoms with van der Waals surface area (Å²) < 4.78 is 10.5. The zero-order chi connectivity index (χ0) is 7.00. The van der Waals surface area contributed by atoms with Crippen LogP contribution in [0.15, 0.2) is 0 Å². The number of hydrogen-bond donors (Lipinski definition) is 2. The quantitative estimate of drug-likeness (QED) is 0.522. The third kappa shape index (κ3) is 1.95. The molecular weight excluding hydrogens is 127 g/mol. The van der Waals surface area contributed by atoms with E-state index in [-0.39, 0.29) is 0 Å². The molecule has 0 heterocycles. The van der Waals surface area contributed by atoms with Gasteiger partial charge in [0.2, 0.25) is 7.37 Å². The van der Waals surface area contributed by atoms with Crippen LogP contribution in [-0.4, -0.2) is 22.0 Å². The van der Waals surface area contributed by atoms with Gasteiger partial charge in [-0.2, -0.15) is 0 Å². The van der Waals surface area contributed by atoms with Crippen LogP contribution in [0.2, 0.25) is 0 Å². The van der Waals surface area contributed by atoms with E-state index in [2.05, 4.69) is 0 Å². The van der Waals surface area contributed by atoms with E-state index >= 15 is 0 Å². The summed E-state index contributed by atoms with van der Waals surface area (Å²) in [5, 5.41) is 7.39. The lowest BCUT2D eigenvalue weighted by molar-refractivity contribution is 0.149. The zero-order valence-electron chi connectivity index (χ0n) is 5.25. The predicted octanol–water partition coefficient (Wildman–Crippen LogP) is 0.615. The Bertz CT molecular complexity index is 118. The van der Waals surface area contributed by atoms with Crippen molar-refractivity contribution < 1.29 is 14.6 Å². The van der Waals surface area contributed by atoms with Crippen LogP contribution in [0.4, 0.5) is 0 Å². The molecular formula is C4H11O3P. The SMILES string of the molecule is CC(C)(O)P(C)(=O)O. The first-order valence-corrected chi connectivity index (χ1v) is 4.38. The summed E-state index contributed by atoms with van der Waals surface area (Å²) >= 11 is 0. The smallest absolute Gasteiger partial charge is 0.227 e. The van der Waals surface area contributed by atoms with Gasteiger partial charge in [-0.25, -0.2) is 0 Å². The topological polar surface area (TPSA) is 57.5 Å². The van der Waals surface area contributed by atoms with Crippen molar-refractivity contribution in [2.45, 2.75) is 19.2 Å². The van der Waals surface area contributed by atoms with E-state index in [1.165, 1.54) is 13.8 Å². The molecule has 2 N–H and O–H groups in total. The fourth-order valence-corrected chi connectivity index (χ4v) is 0. The minimum atomic E-state index is -3.29. The summed E-state index contributed by atoms with van der Waals surface area (Å²) in [6.45, 7) is 3.76. The maximum Gasteiger partial charge on any atom is 0.227 e. The van der Waals surface area contributed by atoms with Crippen LogP contribution in [0.5, 0.6) is 0 Å². The molecule has 0 saturated carbocycles. The molecule has 0 fully saturated rings. The first kappa shape index (κ1) is 8.15. The van der Waals surface area contributed by atoms with Gasteiger partial charge in [0.05, 0.1) is 0 Å². The molecule has 0 aromatic heterocycles. The van der Waals surface area contributed by atoms with Crippen LogP contribution < -0.4 is 0 Å². The molecule has 4 heteroatoms. The Kier molecular flexibility index (Phi) is 1.87. The monoisotopic (exact) mass is 138 g/mol. The van der Waals surface area contributed by atoms with Crippen LogP contribution in [0.3, 0.4) is 0 Å². The molecule has 1 atom stereocenters. The Labute approximate surface area is 48.8 Å². The standard InChI is InChI=1S/C4H11O3P/c1-4(2,5)8(3,6)7/h5H,1-3H3,(H,6,7). The molecule has 50 valence electrons. The largest absolute Gasteiger partial charge is 0.380 e. The van der Waals surface area contributed by atoms with Crippen molar-refractivity contribution in [3.05, 3.63) is 0 Å². The predicted molar refractivity (Wildman–Crippen MR) is 32.0 cm³/mol. The van der Waals surface area contributed by atoms with E-state index in [1.807, 2.05) is 0 Å². The summed E-state index contributed by atoms with van der Waals surface area (Å²) in [6, 6.07) is 0. The molecule has 0 aliphatic rings. The maximum atomic E-state index is 10.5. The van der Waals surface area contributed by atoms with Gasteiger partial charge in [-0.15, -0.1) is 0 Å². The summed E-state index contributed by atoms with van der Waals surface area (Å²) in [6.07, 6.45) is 0. The van der Waals surface area contributed by atoms with Gasteiger partial charge < -0.3 is 10.00 Å². The minimum absolute atomic E-state index is 1.13. The van der Waals surface area contributed by atoms with Gasteiger partial charge in [0.1, 0.15) is 5.34 Å². The number of aliphatic hydroxyl groups is 1. The molecule has 0 aromatic carbocycles. The third-order valence-electron chi connectivity index (χ3n) is 1.02. The van der Waals surface area contributed by atoms with Crippen molar-refractivity contribution in [3.63, 3.8) is 0 Å². The van der Waals surface area contributed by atoms with E-state index in [4.69, 9.17) is 10.00 Å². The Morgan fingerprint density at radius 3 is 1.62 bits per heavy atom. The van der Waals surface area contributed by atoms with Crippen molar-refractivity contribution >= 4 is 7.37 Å². The van der Waals surface area contributed by atoms with Crippen LogP contribution in [-0.2, 0) is 4.57 Å². The van der Waals surface area contributed by atoms with Crippen molar-refractivity contribution in [2.75, 3.05) is 6.66 Å². The summed E-state index contributed by atoms with van der Waals surface area (Å²) in [7, 11) is -3.29. The van der Waals surface area contributed by atoms with Gasteiger partial charge >= 0.3 is 0 Å². The second-order valence-electron chi connectivity index (χ2n) is 2.37. The molecule has 8 heavy (non-hydrogen) atoms. The van der Waals surface area contributed by atoms with Crippen molar-refractivity contribution in [2.24, 2.45) is 0 Å². The molecule has 0 aliphatic carbocycles. The van der Waals surface area contributed by atoms with E-state index in [0.29, 0.717) is 0 Å². The highest BCUT2D eigenvalue weighted by Gasteiger charge is 2.31. The van der Waals surface area contributed by atoms with Crippen LogP contribution >= 0.6 is 7.37 Å². The molecule has 1 unspecified atom stereocenters. The lowest BCUT2D eigenvalue weighted by Gasteiger charge is -2.19. The van der Waals surface area contributed by atoms with E-state index in [0.717, 1.165) is 6.66 Å².